The second-order valence-corrected chi connectivity index (χ2v) is 2.82. The zero-order valence-corrected chi connectivity index (χ0v) is 10.2. The van der Waals surface area contributed by atoms with Gasteiger partial charge in [-0.15, -0.1) is 0 Å². The van der Waals surface area contributed by atoms with Crippen molar-refractivity contribution in [3.63, 3.8) is 0 Å². The molecule has 0 rings (SSSR count). The van der Waals surface area contributed by atoms with E-state index in [0.29, 0.717) is 4.48 Å². The third-order valence-corrected chi connectivity index (χ3v) is 0.603. The molecule has 11 heavy (non-hydrogen) atoms. The van der Waals surface area contributed by atoms with Gasteiger partial charge in [-0.1, -0.05) is 0 Å². The molecule has 3 nitrogen and oxygen atoms in total. The summed E-state index contributed by atoms with van der Waals surface area (Å²) in [6.07, 6.45) is 0. The Hall–Kier alpha value is 2.11. The molecule has 0 heterocycles. The predicted octanol–water partition coefficient (Wildman–Crippen LogP) is -2.86. The molecule has 0 amide bonds. The molecule has 0 unspecified atom stereocenters. The summed E-state index contributed by atoms with van der Waals surface area (Å²) in [7, 11) is 5.40. The standard InChI is InChI=1S/C5H11NO2.Al.Ca.Zr.2H/c1-6(2,3)4-5(7)8;;;;;/h4H2,1-3H3;;;;;. The molecule has 0 aliphatic heterocycles. The molecule has 0 saturated carbocycles. The Morgan fingerprint density at radius 3 is 1.64 bits per heavy atom. The summed E-state index contributed by atoms with van der Waals surface area (Å²) in [5, 5.41) is 9.89. The Balaban J connectivity index is -0.0000000817. The molecule has 3 radical (unpaired) electrons. The van der Waals surface area contributed by atoms with E-state index in [1.807, 2.05) is 0 Å². The zero-order chi connectivity index (χ0) is 6.78. The average Bonchev–Trinajstić information content (AvgIpc) is 1.21. The largest absolute Gasteiger partial charge is 0 e. The van der Waals surface area contributed by atoms with Crippen LogP contribution in [-0.2, 0) is 31.0 Å². The Bertz CT molecular complexity index is 107. The number of quaternary nitrogens is 1. The van der Waals surface area contributed by atoms with Gasteiger partial charge in [0, 0.05) is 43.6 Å². The Labute approximate surface area is 127 Å². The minimum absolute atomic E-state index is 0. The Morgan fingerprint density at radius 2 is 1.64 bits per heavy atom. The molecule has 0 bridgehead atoms. The number of aliphatic carboxylic acids is 1. The Kier molecular flexibility index (Phi) is 21.5. The van der Waals surface area contributed by atoms with Crippen molar-refractivity contribution in [1.29, 1.82) is 0 Å². The van der Waals surface area contributed by atoms with Gasteiger partial charge in [0.15, 0.2) is 0 Å². The van der Waals surface area contributed by atoms with Crippen molar-refractivity contribution >= 4 is 61.1 Å². The molecule has 0 aromatic heterocycles. The van der Waals surface area contributed by atoms with Gasteiger partial charge in [0.1, 0.15) is 6.54 Å². The SMILES string of the molecule is C[N+](C)(C)CC(=O)[O-].[Al].[CaH2].[Zr]. The molecule has 6 heteroatoms. The van der Waals surface area contributed by atoms with Crippen LogP contribution in [0, 0.1) is 0 Å². The summed E-state index contributed by atoms with van der Waals surface area (Å²) in [4.78, 5) is 9.89. The minimum atomic E-state index is -1.00. The molecule has 0 aliphatic carbocycles. The van der Waals surface area contributed by atoms with E-state index in [1.165, 1.54) is 0 Å². The third kappa shape index (κ3) is 24.5. The number of hydrogen-bond acceptors (Lipinski definition) is 2. The predicted molar refractivity (Wildman–Crippen MR) is 42.2 cm³/mol. The maximum atomic E-state index is 9.89. The number of hydrogen-bond donors (Lipinski definition) is 0. The van der Waals surface area contributed by atoms with Crippen LogP contribution in [0.3, 0.4) is 0 Å². The average molecular weight is 277 g/mol. The molecule has 0 saturated heterocycles. The van der Waals surface area contributed by atoms with Gasteiger partial charge in [-0.05, 0) is 0 Å². The summed E-state index contributed by atoms with van der Waals surface area (Å²) in [6.45, 7) is 0.0694. The van der Waals surface area contributed by atoms with Crippen molar-refractivity contribution in [2.24, 2.45) is 0 Å². The van der Waals surface area contributed by atoms with Gasteiger partial charge in [0.25, 0.3) is 0 Å². The van der Waals surface area contributed by atoms with Crippen molar-refractivity contribution in [2.45, 2.75) is 0 Å². The fourth-order valence-corrected chi connectivity index (χ4v) is 0.387. The maximum absolute atomic E-state index is 9.89. The van der Waals surface area contributed by atoms with E-state index in [-0.39, 0.29) is 87.8 Å². The van der Waals surface area contributed by atoms with E-state index in [1.54, 1.807) is 21.1 Å². The number of likely N-dealkylation sites (N-methyl/N-ethyl adjacent to an activating group) is 1. The molecule has 59 valence electrons. The van der Waals surface area contributed by atoms with Crippen LogP contribution >= 0.6 is 0 Å². The van der Waals surface area contributed by atoms with Crippen LogP contribution in [0.5, 0.6) is 0 Å². The first-order valence-corrected chi connectivity index (χ1v) is 2.42. The maximum Gasteiger partial charge on any atom is 0 e. The summed E-state index contributed by atoms with van der Waals surface area (Å²) < 4.78 is 0.419. The van der Waals surface area contributed by atoms with Crippen LogP contribution in [0.4, 0.5) is 0 Å². The van der Waals surface area contributed by atoms with Crippen molar-refractivity contribution in [3.05, 3.63) is 0 Å². The summed E-state index contributed by atoms with van der Waals surface area (Å²) in [5.41, 5.74) is 0. The van der Waals surface area contributed by atoms with Crippen molar-refractivity contribution in [2.75, 3.05) is 27.7 Å². The van der Waals surface area contributed by atoms with E-state index in [4.69, 9.17) is 0 Å². The fraction of sp³-hybridized carbons (Fsp3) is 0.800. The molecule has 0 spiro atoms. The van der Waals surface area contributed by atoms with Gasteiger partial charge in [-0.3, -0.25) is 0 Å². The summed E-state index contributed by atoms with van der Waals surface area (Å²) >= 11 is 0. The van der Waals surface area contributed by atoms with Crippen LogP contribution < -0.4 is 5.11 Å². The second kappa shape index (κ2) is 10.2. The monoisotopic (exact) mass is 276 g/mol. The van der Waals surface area contributed by atoms with Crippen LogP contribution in [0.15, 0.2) is 0 Å². The van der Waals surface area contributed by atoms with Gasteiger partial charge >= 0.3 is 37.7 Å². The van der Waals surface area contributed by atoms with Crippen molar-refractivity contribution in [3.8, 4) is 0 Å². The molecule has 0 aliphatic rings. The fourth-order valence-electron chi connectivity index (χ4n) is 0.387. The topological polar surface area (TPSA) is 40.1 Å². The second-order valence-electron chi connectivity index (χ2n) is 2.82. The van der Waals surface area contributed by atoms with E-state index < -0.39 is 5.97 Å². The quantitative estimate of drug-likeness (QED) is 0.402. The van der Waals surface area contributed by atoms with Crippen LogP contribution in [0.1, 0.15) is 0 Å². The first kappa shape index (κ1) is 23.2. The first-order valence-electron chi connectivity index (χ1n) is 2.42. The zero-order valence-electron chi connectivity index (χ0n) is 6.55. The number of carboxylic acids is 1. The van der Waals surface area contributed by atoms with Crippen LogP contribution in [-0.4, -0.2) is 93.2 Å². The number of carbonyl (C=O) groups excluding carboxylic acids is 1. The van der Waals surface area contributed by atoms with Crippen molar-refractivity contribution in [1.82, 2.24) is 0 Å². The van der Waals surface area contributed by atoms with E-state index >= 15 is 0 Å². The van der Waals surface area contributed by atoms with Gasteiger partial charge in [-0.25, -0.2) is 0 Å². The molecule has 0 fully saturated rings. The number of rotatable bonds is 2. The van der Waals surface area contributed by atoms with E-state index in [0.717, 1.165) is 0 Å². The molecular weight excluding hydrogens is 264 g/mol. The number of carboxylic acid groups (broad SMARTS) is 1. The first-order chi connectivity index (χ1) is 3.42. The number of carbonyl (C=O) groups is 1. The molecular formula is C5H13AlCaNO2Zr. The van der Waals surface area contributed by atoms with Gasteiger partial charge < -0.3 is 14.4 Å². The molecule has 0 aromatic rings. The summed E-state index contributed by atoms with van der Waals surface area (Å²) in [6, 6.07) is 0. The molecule has 0 aromatic carbocycles. The third-order valence-electron chi connectivity index (χ3n) is 0.603. The smallest absolute Gasteiger partial charge is 0 e. The van der Waals surface area contributed by atoms with Crippen molar-refractivity contribution < 1.29 is 40.6 Å². The van der Waals surface area contributed by atoms with Gasteiger partial charge in [0.2, 0.25) is 0 Å². The van der Waals surface area contributed by atoms with Crippen LogP contribution in [0.25, 0.3) is 0 Å². The molecule has 0 atom stereocenters. The Morgan fingerprint density at radius 1 is 1.36 bits per heavy atom. The molecule has 0 N–H and O–H groups in total. The van der Waals surface area contributed by atoms with E-state index in [2.05, 4.69) is 0 Å². The minimum Gasteiger partial charge on any atom is 0 e. The van der Waals surface area contributed by atoms with Crippen LogP contribution in [0.2, 0.25) is 0 Å². The summed E-state index contributed by atoms with van der Waals surface area (Å²) in [5.74, 6) is -1.00. The normalized spacial score (nSPS) is 8.27. The van der Waals surface area contributed by atoms with E-state index in [9.17, 15) is 9.90 Å². The van der Waals surface area contributed by atoms with Gasteiger partial charge in [-0.2, -0.15) is 0 Å². The van der Waals surface area contributed by atoms with Gasteiger partial charge in [0.05, 0.1) is 27.1 Å². The number of nitrogens with zero attached hydrogens (tertiary/aromatic N) is 1.